The molecule has 0 saturated heterocycles. The largest absolute Gasteiger partial charge is 0.493 e. The molecule has 0 N–H and O–H groups in total. The number of methoxy groups -OCH3 is 2. The third-order valence-electron chi connectivity index (χ3n) is 5.00. The molecule has 0 saturated carbocycles. The number of nitrogens with zero attached hydrogens (tertiary/aromatic N) is 3. The van der Waals surface area contributed by atoms with Gasteiger partial charge < -0.3 is 9.47 Å². The first-order chi connectivity index (χ1) is 15.6. The van der Waals surface area contributed by atoms with Crippen molar-refractivity contribution in [3.63, 3.8) is 0 Å². The molecule has 0 spiro atoms. The maximum Gasteiger partial charge on any atom is 0.161 e. The number of hydrogen-bond acceptors (Lipinski definition) is 4. The Kier molecular flexibility index (Phi) is 6.25. The molecule has 4 aromatic rings. The zero-order valence-corrected chi connectivity index (χ0v) is 18.4. The van der Waals surface area contributed by atoms with Crippen LogP contribution in [-0.4, -0.2) is 24.0 Å². The second-order valence-corrected chi connectivity index (χ2v) is 7.40. The molecule has 0 radical (unpaired) electrons. The summed E-state index contributed by atoms with van der Waals surface area (Å²) in [4.78, 5) is 0. The van der Waals surface area contributed by atoms with Gasteiger partial charge in [-0.15, -0.1) is 0 Å². The van der Waals surface area contributed by atoms with Crippen LogP contribution in [0, 0.1) is 11.3 Å². The summed E-state index contributed by atoms with van der Waals surface area (Å²) in [5.41, 5.74) is 4.58. The Morgan fingerprint density at radius 3 is 2.34 bits per heavy atom. The third kappa shape index (κ3) is 4.36. The van der Waals surface area contributed by atoms with Gasteiger partial charge in [0.15, 0.2) is 11.5 Å². The maximum absolute atomic E-state index is 9.92. The first-order valence-corrected chi connectivity index (χ1v) is 10.3. The predicted octanol–water partition coefficient (Wildman–Crippen LogP) is 6.27. The van der Waals surface area contributed by atoms with Crippen LogP contribution in [0.3, 0.4) is 0 Å². The van der Waals surface area contributed by atoms with E-state index in [1.54, 1.807) is 31.0 Å². The van der Waals surface area contributed by atoms with Crippen LogP contribution in [0.2, 0.25) is 5.02 Å². The first-order valence-electron chi connectivity index (χ1n) is 9.88. The molecule has 0 aliphatic carbocycles. The molecule has 0 bridgehead atoms. The molecule has 0 unspecified atom stereocenters. The molecule has 5 nitrogen and oxygen atoms in total. The summed E-state index contributed by atoms with van der Waals surface area (Å²) in [5, 5.41) is 15.4. The molecule has 0 atom stereocenters. The van der Waals surface area contributed by atoms with E-state index in [4.69, 9.17) is 26.2 Å². The van der Waals surface area contributed by atoms with E-state index in [0.717, 1.165) is 28.1 Å². The Labute approximate surface area is 191 Å². The fraction of sp³-hybridized carbons (Fsp3) is 0.0769. The van der Waals surface area contributed by atoms with Gasteiger partial charge in [-0.25, -0.2) is 4.68 Å². The molecule has 0 aliphatic heterocycles. The summed E-state index contributed by atoms with van der Waals surface area (Å²) >= 11 is 6.08. The summed E-state index contributed by atoms with van der Waals surface area (Å²) in [7, 11) is 3.15. The lowest BCUT2D eigenvalue weighted by molar-refractivity contribution is 0.355. The number of allylic oxidation sites excluding steroid dienone is 1. The number of nitriles is 1. The number of rotatable bonds is 6. The van der Waals surface area contributed by atoms with E-state index >= 15 is 0 Å². The molecule has 4 rings (SSSR count). The minimum absolute atomic E-state index is 0.480. The van der Waals surface area contributed by atoms with Crippen LogP contribution in [0.25, 0.3) is 28.6 Å². The van der Waals surface area contributed by atoms with Crippen LogP contribution in [0.4, 0.5) is 0 Å². The average molecular weight is 442 g/mol. The zero-order chi connectivity index (χ0) is 22.5. The topological polar surface area (TPSA) is 60.1 Å². The maximum atomic E-state index is 9.92. The molecule has 3 aromatic carbocycles. The van der Waals surface area contributed by atoms with Gasteiger partial charge in [0.05, 0.1) is 37.2 Å². The molecule has 0 aliphatic rings. The van der Waals surface area contributed by atoms with Crippen molar-refractivity contribution in [3.8, 4) is 34.5 Å². The molecule has 1 heterocycles. The summed E-state index contributed by atoms with van der Waals surface area (Å²) in [6, 6.07) is 25.0. The van der Waals surface area contributed by atoms with Crippen LogP contribution in [0.5, 0.6) is 11.5 Å². The van der Waals surface area contributed by atoms with E-state index in [1.165, 1.54) is 0 Å². The van der Waals surface area contributed by atoms with Crippen molar-refractivity contribution in [1.82, 2.24) is 9.78 Å². The van der Waals surface area contributed by atoms with E-state index in [2.05, 4.69) is 6.07 Å². The molecule has 0 fully saturated rings. The van der Waals surface area contributed by atoms with Gasteiger partial charge in [-0.05, 0) is 54.1 Å². The minimum Gasteiger partial charge on any atom is -0.493 e. The van der Waals surface area contributed by atoms with E-state index in [9.17, 15) is 5.26 Å². The molecule has 158 valence electrons. The van der Waals surface area contributed by atoms with E-state index < -0.39 is 0 Å². The number of ether oxygens (including phenoxy) is 2. The standard InChI is InChI=1S/C26H20ClN3O2/c1-31-24-13-10-19(15-25(24)32-2)20(16-28)14-21-17-30(23-6-4-3-5-7-23)29-26(21)18-8-11-22(27)12-9-18/h3-15,17H,1-2H3/b20-14+. The van der Waals surface area contributed by atoms with E-state index in [0.29, 0.717) is 22.1 Å². The highest BCUT2D eigenvalue weighted by atomic mass is 35.5. The summed E-state index contributed by atoms with van der Waals surface area (Å²) < 4.78 is 12.5. The Morgan fingerprint density at radius 2 is 1.69 bits per heavy atom. The Bertz CT molecular complexity index is 1300. The van der Waals surface area contributed by atoms with Crippen molar-refractivity contribution >= 4 is 23.3 Å². The molecule has 32 heavy (non-hydrogen) atoms. The van der Waals surface area contributed by atoms with Crippen LogP contribution in [-0.2, 0) is 0 Å². The van der Waals surface area contributed by atoms with Crippen LogP contribution in [0.15, 0.2) is 79.0 Å². The lowest BCUT2D eigenvalue weighted by Gasteiger charge is -2.09. The lowest BCUT2D eigenvalue weighted by atomic mass is 10.0. The molecular formula is C26H20ClN3O2. The molecule has 0 amide bonds. The van der Waals surface area contributed by atoms with Crippen LogP contribution in [0.1, 0.15) is 11.1 Å². The number of benzene rings is 3. The molecular weight excluding hydrogens is 422 g/mol. The molecule has 6 heteroatoms. The third-order valence-corrected chi connectivity index (χ3v) is 5.25. The van der Waals surface area contributed by atoms with Gasteiger partial charge in [-0.3, -0.25) is 0 Å². The molecule has 1 aromatic heterocycles. The van der Waals surface area contributed by atoms with Crippen LogP contribution < -0.4 is 9.47 Å². The Morgan fingerprint density at radius 1 is 0.969 bits per heavy atom. The fourth-order valence-electron chi connectivity index (χ4n) is 3.38. The summed E-state index contributed by atoms with van der Waals surface area (Å²) in [6.45, 7) is 0. The average Bonchev–Trinajstić information content (AvgIpc) is 3.27. The normalized spacial score (nSPS) is 11.1. The van der Waals surface area contributed by atoms with Crippen molar-refractivity contribution in [2.24, 2.45) is 0 Å². The highest BCUT2D eigenvalue weighted by Gasteiger charge is 2.14. The van der Waals surface area contributed by atoms with Gasteiger partial charge in [0.25, 0.3) is 0 Å². The zero-order valence-electron chi connectivity index (χ0n) is 17.6. The highest BCUT2D eigenvalue weighted by molar-refractivity contribution is 6.30. The van der Waals surface area contributed by atoms with Gasteiger partial charge in [0.1, 0.15) is 0 Å². The Hall–Kier alpha value is -4.01. The van der Waals surface area contributed by atoms with Crippen molar-refractivity contribution < 1.29 is 9.47 Å². The van der Waals surface area contributed by atoms with Crippen molar-refractivity contribution in [3.05, 3.63) is 95.1 Å². The summed E-state index contributed by atoms with van der Waals surface area (Å²) in [5.74, 6) is 1.16. The van der Waals surface area contributed by atoms with Gasteiger partial charge in [0.2, 0.25) is 0 Å². The van der Waals surface area contributed by atoms with Crippen LogP contribution >= 0.6 is 11.6 Å². The van der Waals surface area contributed by atoms with E-state index in [1.807, 2.05) is 72.9 Å². The lowest BCUT2D eigenvalue weighted by Crippen LogP contribution is -1.93. The smallest absolute Gasteiger partial charge is 0.161 e. The number of aromatic nitrogens is 2. The highest BCUT2D eigenvalue weighted by Crippen LogP contribution is 2.33. The van der Waals surface area contributed by atoms with Gasteiger partial charge >= 0.3 is 0 Å². The van der Waals surface area contributed by atoms with Gasteiger partial charge in [-0.1, -0.05) is 41.9 Å². The fourth-order valence-corrected chi connectivity index (χ4v) is 3.50. The number of halogens is 1. The quantitative estimate of drug-likeness (QED) is 0.330. The second kappa shape index (κ2) is 9.42. The van der Waals surface area contributed by atoms with E-state index in [-0.39, 0.29) is 0 Å². The SMILES string of the molecule is COc1ccc(/C(C#N)=C/c2cn(-c3ccccc3)nc2-c2ccc(Cl)cc2)cc1OC. The number of para-hydroxylation sites is 1. The van der Waals surface area contributed by atoms with Crippen molar-refractivity contribution in [1.29, 1.82) is 5.26 Å². The van der Waals surface area contributed by atoms with Crippen molar-refractivity contribution in [2.45, 2.75) is 0 Å². The van der Waals surface area contributed by atoms with Gasteiger partial charge in [-0.2, -0.15) is 10.4 Å². The summed E-state index contributed by atoms with van der Waals surface area (Å²) in [6.07, 6.45) is 3.75. The monoisotopic (exact) mass is 441 g/mol. The van der Waals surface area contributed by atoms with Crippen molar-refractivity contribution in [2.75, 3.05) is 14.2 Å². The number of hydrogen-bond donors (Lipinski definition) is 0. The Balaban J connectivity index is 1.85. The van der Waals surface area contributed by atoms with Gasteiger partial charge in [0, 0.05) is 22.3 Å². The first kappa shape index (κ1) is 21.2. The predicted molar refractivity (Wildman–Crippen MR) is 127 cm³/mol. The second-order valence-electron chi connectivity index (χ2n) is 6.96. The minimum atomic E-state index is 0.480.